The van der Waals surface area contributed by atoms with Crippen molar-refractivity contribution in [2.75, 3.05) is 18.1 Å². The SMILES string of the molecule is CCOC(=O)c1cccc(N)c1Sc1nc(N)cc(=O)[nH]1. The van der Waals surface area contributed by atoms with Crippen molar-refractivity contribution in [3.63, 3.8) is 0 Å². The number of anilines is 2. The maximum atomic E-state index is 11.9. The van der Waals surface area contributed by atoms with Gasteiger partial charge < -0.3 is 21.2 Å². The molecule has 0 aliphatic heterocycles. The number of benzene rings is 1. The molecule has 0 aliphatic rings. The van der Waals surface area contributed by atoms with E-state index in [1.165, 1.54) is 6.07 Å². The normalized spacial score (nSPS) is 10.3. The van der Waals surface area contributed by atoms with Crippen molar-refractivity contribution >= 4 is 29.2 Å². The zero-order valence-electron chi connectivity index (χ0n) is 11.3. The highest BCUT2D eigenvalue weighted by Crippen LogP contribution is 2.33. The Labute approximate surface area is 124 Å². The van der Waals surface area contributed by atoms with E-state index in [0.717, 1.165) is 11.8 Å². The van der Waals surface area contributed by atoms with Gasteiger partial charge in [-0.2, -0.15) is 0 Å². The summed E-state index contributed by atoms with van der Waals surface area (Å²) in [5.41, 5.74) is 11.7. The summed E-state index contributed by atoms with van der Waals surface area (Å²) in [6.45, 7) is 1.97. The lowest BCUT2D eigenvalue weighted by atomic mass is 10.2. The van der Waals surface area contributed by atoms with Gasteiger partial charge in [0.15, 0.2) is 5.16 Å². The largest absolute Gasteiger partial charge is 0.462 e. The van der Waals surface area contributed by atoms with Gasteiger partial charge in [0.1, 0.15) is 5.82 Å². The Balaban J connectivity index is 2.43. The van der Waals surface area contributed by atoms with E-state index in [0.29, 0.717) is 16.1 Å². The van der Waals surface area contributed by atoms with E-state index in [1.807, 2.05) is 0 Å². The van der Waals surface area contributed by atoms with Gasteiger partial charge in [0.05, 0.1) is 17.1 Å². The van der Waals surface area contributed by atoms with E-state index >= 15 is 0 Å². The summed E-state index contributed by atoms with van der Waals surface area (Å²) >= 11 is 1.05. The molecule has 8 heteroatoms. The smallest absolute Gasteiger partial charge is 0.339 e. The molecular weight excluding hydrogens is 292 g/mol. The van der Waals surface area contributed by atoms with Crippen molar-refractivity contribution in [3.05, 3.63) is 40.2 Å². The zero-order chi connectivity index (χ0) is 15.4. The van der Waals surface area contributed by atoms with Crippen LogP contribution in [0.4, 0.5) is 11.5 Å². The van der Waals surface area contributed by atoms with Gasteiger partial charge in [0, 0.05) is 11.8 Å². The molecule has 0 bridgehead atoms. The van der Waals surface area contributed by atoms with E-state index in [4.69, 9.17) is 16.2 Å². The molecule has 5 N–H and O–H groups in total. The Kier molecular flexibility index (Phi) is 4.49. The third-order valence-electron chi connectivity index (χ3n) is 2.48. The number of ether oxygens (including phenoxy) is 1. The monoisotopic (exact) mass is 306 g/mol. The van der Waals surface area contributed by atoms with Crippen LogP contribution in [0.1, 0.15) is 17.3 Å². The Morgan fingerprint density at radius 1 is 1.43 bits per heavy atom. The molecule has 1 aromatic heterocycles. The summed E-state index contributed by atoms with van der Waals surface area (Å²) in [6, 6.07) is 6.07. The average Bonchev–Trinajstić information content (AvgIpc) is 2.40. The van der Waals surface area contributed by atoms with Gasteiger partial charge in [-0.25, -0.2) is 9.78 Å². The molecule has 0 atom stereocenters. The molecule has 0 spiro atoms. The van der Waals surface area contributed by atoms with Gasteiger partial charge in [-0.15, -0.1) is 0 Å². The van der Waals surface area contributed by atoms with Crippen LogP contribution in [-0.4, -0.2) is 22.5 Å². The van der Waals surface area contributed by atoms with Gasteiger partial charge in [0.2, 0.25) is 0 Å². The number of carbonyl (C=O) groups is 1. The van der Waals surface area contributed by atoms with Crippen LogP contribution in [-0.2, 0) is 4.74 Å². The van der Waals surface area contributed by atoms with Gasteiger partial charge in [-0.3, -0.25) is 4.79 Å². The Bertz CT molecular complexity index is 730. The molecule has 1 aromatic carbocycles. The fourth-order valence-corrected chi connectivity index (χ4v) is 2.58. The lowest BCUT2D eigenvalue weighted by molar-refractivity contribution is 0.0522. The minimum Gasteiger partial charge on any atom is -0.462 e. The van der Waals surface area contributed by atoms with Crippen LogP contribution in [0.25, 0.3) is 0 Å². The Morgan fingerprint density at radius 3 is 2.86 bits per heavy atom. The number of nitrogens with one attached hydrogen (secondary N) is 1. The Morgan fingerprint density at radius 2 is 2.19 bits per heavy atom. The molecular formula is C13H14N4O3S. The first-order valence-electron chi connectivity index (χ1n) is 6.11. The maximum absolute atomic E-state index is 11.9. The molecule has 2 rings (SSSR count). The fourth-order valence-electron chi connectivity index (χ4n) is 1.64. The second-order valence-corrected chi connectivity index (χ2v) is 5.02. The topological polar surface area (TPSA) is 124 Å². The fraction of sp³-hybridized carbons (Fsp3) is 0.154. The lowest BCUT2D eigenvalue weighted by Crippen LogP contribution is -2.11. The number of aromatic amines is 1. The molecule has 1 heterocycles. The summed E-state index contributed by atoms with van der Waals surface area (Å²) < 4.78 is 4.98. The first kappa shape index (κ1) is 14.9. The van der Waals surface area contributed by atoms with Gasteiger partial charge >= 0.3 is 5.97 Å². The summed E-state index contributed by atoms with van der Waals surface area (Å²) in [4.78, 5) is 30.3. The van der Waals surface area contributed by atoms with Crippen LogP contribution in [0, 0.1) is 0 Å². The number of nitrogens with two attached hydrogens (primary N) is 2. The number of nitrogens with zero attached hydrogens (tertiary/aromatic N) is 1. The third-order valence-corrected chi connectivity index (χ3v) is 3.53. The molecule has 0 amide bonds. The quantitative estimate of drug-likeness (QED) is 0.441. The number of rotatable bonds is 4. The molecule has 0 radical (unpaired) electrons. The van der Waals surface area contributed by atoms with Crippen LogP contribution in [0.5, 0.6) is 0 Å². The van der Waals surface area contributed by atoms with Crippen molar-refractivity contribution in [1.29, 1.82) is 0 Å². The first-order chi connectivity index (χ1) is 10.0. The van der Waals surface area contributed by atoms with Crippen molar-refractivity contribution in [1.82, 2.24) is 9.97 Å². The summed E-state index contributed by atoms with van der Waals surface area (Å²) in [7, 11) is 0. The number of hydrogen-bond acceptors (Lipinski definition) is 7. The number of H-pyrrole nitrogens is 1. The molecule has 0 fully saturated rings. The number of esters is 1. The predicted octanol–water partition coefficient (Wildman–Crippen LogP) is 1.26. The number of aromatic nitrogens is 2. The van der Waals surface area contributed by atoms with E-state index in [1.54, 1.807) is 25.1 Å². The van der Waals surface area contributed by atoms with Crippen molar-refractivity contribution < 1.29 is 9.53 Å². The number of nitrogen functional groups attached to an aromatic ring is 2. The minimum absolute atomic E-state index is 0.0911. The molecule has 0 saturated carbocycles. The van der Waals surface area contributed by atoms with Crippen LogP contribution in [0.15, 0.2) is 39.1 Å². The molecule has 110 valence electrons. The molecule has 0 saturated heterocycles. The second kappa shape index (κ2) is 6.31. The first-order valence-corrected chi connectivity index (χ1v) is 6.93. The van der Waals surface area contributed by atoms with Crippen LogP contribution < -0.4 is 17.0 Å². The second-order valence-electron chi connectivity index (χ2n) is 4.02. The lowest BCUT2D eigenvalue weighted by Gasteiger charge is -2.10. The highest BCUT2D eigenvalue weighted by Gasteiger charge is 2.17. The van der Waals surface area contributed by atoms with Gasteiger partial charge in [0.25, 0.3) is 5.56 Å². The standard InChI is InChI=1S/C13H14N4O3S/c1-2-20-12(19)7-4-3-5-8(14)11(7)21-13-16-9(15)6-10(18)17-13/h3-6H,2,14H2,1H3,(H3,15,16,17,18). The van der Waals surface area contributed by atoms with Gasteiger partial charge in [-0.1, -0.05) is 6.07 Å². The average molecular weight is 306 g/mol. The van der Waals surface area contributed by atoms with Crippen molar-refractivity contribution in [2.45, 2.75) is 17.0 Å². The van der Waals surface area contributed by atoms with Crippen LogP contribution >= 0.6 is 11.8 Å². The summed E-state index contributed by atoms with van der Waals surface area (Å²) in [6.07, 6.45) is 0. The van der Waals surface area contributed by atoms with Crippen LogP contribution in [0.2, 0.25) is 0 Å². The van der Waals surface area contributed by atoms with Crippen molar-refractivity contribution in [2.24, 2.45) is 0 Å². The number of carbonyl (C=O) groups excluding carboxylic acids is 1. The maximum Gasteiger partial charge on any atom is 0.339 e. The highest BCUT2D eigenvalue weighted by molar-refractivity contribution is 7.99. The molecule has 7 nitrogen and oxygen atoms in total. The molecule has 2 aromatic rings. The van der Waals surface area contributed by atoms with E-state index in [2.05, 4.69) is 9.97 Å². The molecule has 0 aliphatic carbocycles. The minimum atomic E-state index is -0.487. The summed E-state index contributed by atoms with van der Waals surface area (Å²) in [5.74, 6) is -0.396. The highest BCUT2D eigenvalue weighted by atomic mass is 32.2. The van der Waals surface area contributed by atoms with E-state index < -0.39 is 5.97 Å². The Hall–Kier alpha value is -2.48. The zero-order valence-corrected chi connectivity index (χ0v) is 12.1. The third kappa shape index (κ3) is 3.54. The van der Waals surface area contributed by atoms with Gasteiger partial charge in [-0.05, 0) is 30.8 Å². The van der Waals surface area contributed by atoms with Crippen LogP contribution in [0.3, 0.4) is 0 Å². The van der Waals surface area contributed by atoms with Crippen molar-refractivity contribution in [3.8, 4) is 0 Å². The predicted molar refractivity (Wildman–Crippen MR) is 80.2 cm³/mol. The number of hydrogen-bond donors (Lipinski definition) is 3. The molecule has 0 unspecified atom stereocenters. The van der Waals surface area contributed by atoms with E-state index in [9.17, 15) is 9.59 Å². The van der Waals surface area contributed by atoms with E-state index in [-0.39, 0.29) is 23.1 Å². The molecule has 21 heavy (non-hydrogen) atoms. The summed E-state index contributed by atoms with van der Waals surface area (Å²) in [5, 5.41) is 0.253.